The van der Waals surface area contributed by atoms with Crippen molar-refractivity contribution in [3.05, 3.63) is 35.9 Å². The highest BCUT2D eigenvalue weighted by molar-refractivity contribution is 7.85. The van der Waals surface area contributed by atoms with Crippen LogP contribution in [-0.4, -0.2) is 43.2 Å². The average Bonchev–Trinajstić information content (AvgIpc) is 2.66. The molecule has 1 aromatic rings. The molecule has 2 rings (SSSR count). The van der Waals surface area contributed by atoms with Gasteiger partial charge in [-0.1, -0.05) is 30.3 Å². The van der Waals surface area contributed by atoms with Gasteiger partial charge in [0.2, 0.25) is 0 Å². The molecular weight excluding hydrogens is 274 g/mol. The smallest absolute Gasteiger partial charge is 0.423 e. The number of rotatable bonds is 4. The summed E-state index contributed by atoms with van der Waals surface area (Å²) in [6, 6.07) is 8.45. The number of carboxylic acid groups (broad SMARTS) is 1. The minimum absolute atomic E-state index is 0.0412. The second-order valence-electron chi connectivity index (χ2n) is 3.98. The third-order valence-corrected chi connectivity index (χ3v) is 3.96. The maximum Gasteiger partial charge on any atom is 0.423 e. The predicted molar refractivity (Wildman–Crippen MR) is 64.6 cm³/mol. The minimum atomic E-state index is -4.18. The van der Waals surface area contributed by atoms with Crippen LogP contribution in [0.4, 0.5) is 4.79 Å². The van der Waals surface area contributed by atoms with Gasteiger partial charge in [0, 0.05) is 0 Å². The van der Waals surface area contributed by atoms with Crippen molar-refractivity contribution < 1.29 is 27.2 Å². The molecule has 1 aliphatic heterocycles. The second kappa shape index (κ2) is 5.55. The molecule has 0 aliphatic carbocycles. The van der Waals surface area contributed by atoms with E-state index in [1.54, 1.807) is 0 Å². The summed E-state index contributed by atoms with van der Waals surface area (Å²) in [5.74, 6) is 0. The first-order valence-electron chi connectivity index (χ1n) is 5.54. The third-order valence-electron chi connectivity index (χ3n) is 2.59. The maximum absolute atomic E-state index is 11.3. The first-order chi connectivity index (χ1) is 9.00. The van der Waals surface area contributed by atoms with Crippen molar-refractivity contribution in [1.29, 1.82) is 0 Å². The summed E-state index contributed by atoms with van der Waals surface area (Å²) in [6.07, 6.45) is -1.56. The first kappa shape index (κ1) is 13.8. The third kappa shape index (κ3) is 3.22. The maximum atomic E-state index is 11.3. The van der Waals surface area contributed by atoms with Crippen LogP contribution in [0.25, 0.3) is 0 Å². The molecule has 0 spiro atoms. The number of amides is 1. The summed E-state index contributed by atoms with van der Waals surface area (Å²) in [4.78, 5) is 10.9. The Morgan fingerprint density at radius 2 is 2.11 bits per heavy atom. The zero-order valence-electron chi connectivity index (χ0n) is 9.93. The zero-order chi connectivity index (χ0) is 13.9. The lowest BCUT2D eigenvalue weighted by Gasteiger charge is -2.17. The van der Waals surface area contributed by atoms with Gasteiger partial charge in [0.15, 0.2) is 0 Å². The van der Waals surface area contributed by atoms with Crippen LogP contribution in [-0.2, 0) is 25.8 Å². The number of benzene rings is 1. The van der Waals surface area contributed by atoms with Gasteiger partial charge >= 0.3 is 16.4 Å². The van der Waals surface area contributed by atoms with Crippen molar-refractivity contribution in [1.82, 2.24) is 4.31 Å². The van der Waals surface area contributed by atoms with E-state index in [0.717, 1.165) is 5.56 Å². The molecule has 1 aromatic carbocycles. The van der Waals surface area contributed by atoms with Crippen molar-refractivity contribution >= 4 is 16.4 Å². The molecule has 1 atom stereocenters. The van der Waals surface area contributed by atoms with Gasteiger partial charge in [0.05, 0.1) is 19.8 Å². The Kier molecular flexibility index (Phi) is 4.03. The van der Waals surface area contributed by atoms with Gasteiger partial charge in [-0.2, -0.15) is 12.7 Å². The quantitative estimate of drug-likeness (QED) is 0.881. The summed E-state index contributed by atoms with van der Waals surface area (Å²) >= 11 is 0. The fraction of sp³-hybridized carbons (Fsp3) is 0.364. The van der Waals surface area contributed by atoms with Crippen LogP contribution in [0.1, 0.15) is 5.56 Å². The minimum Gasteiger partial charge on any atom is -0.464 e. The first-order valence-corrected chi connectivity index (χ1v) is 6.90. The molecule has 1 heterocycles. The SMILES string of the molecule is O=C(O)N1[C@H](COCc2ccccc2)COS1(=O)=O. The van der Waals surface area contributed by atoms with Crippen molar-refractivity contribution in [2.75, 3.05) is 13.2 Å². The molecule has 1 saturated heterocycles. The van der Waals surface area contributed by atoms with E-state index in [1.807, 2.05) is 30.3 Å². The molecular formula is C11H13NO6S. The highest BCUT2D eigenvalue weighted by atomic mass is 32.2. The van der Waals surface area contributed by atoms with Crippen molar-refractivity contribution in [2.45, 2.75) is 12.6 Å². The lowest BCUT2D eigenvalue weighted by atomic mass is 10.2. The monoisotopic (exact) mass is 287 g/mol. The second-order valence-corrected chi connectivity index (χ2v) is 5.46. The largest absolute Gasteiger partial charge is 0.464 e. The number of hydrogen-bond acceptors (Lipinski definition) is 5. The number of carbonyl (C=O) groups is 1. The Bertz CT molecular complexity index is 544. The molecule has 0 saturated carbocycles. The summed E-state index contributed by atoms with van der Waals surface area (Å²) in [6.45, 7) is 0.0225. The zero-order valence-corrected chi connectivity index (χ0v) is 10.7. The molecule has 0 bridgehead atoms. The molecule has 1 aliphatic rings. The van der Waals surface area contributed by atoms with Gasteiger partial charge in [-0.25, -0.2) is 4.79 Å². The molecule has 0 aromatic heterocycles. The van der Waals surface area contributed by atoms with Crippen LogP contribution >= 0.6 is 0 Å². The Balaban J connectivity index is 1.91. The van der Waals surface area contributed by atoms with Crippen LogP contribution in [0.5, 0.6) is 0 Å². The van der Waals surface area contributed by atoms with E-state index in [-0.39, 0.29) is 24.1 Å². The Labute approximate surface area is 110 Å². The number of hydrogen-bond donors (Lipinski definition) is 1. The van der Waals surface area contributed by atoms with Gasteiger partial charge in [-0.05, 0) is 5.56 Å². The fourth-order valence-corrected chi connectivity index (χ4v) is 2.85. The summed E-state index contributed by atoms with van der Waals surface area (Å²) in [7, 11) is -4.18. The molecule has 8 heteroatoms. The molecule has 0 radical (unpaired) electrons. The van der Waals surface area contributed by atoms with Gasteiger partial charge in [0.25, 0.3) is 0 Å². The summed E-state index contributed by atoms with van der Waals surface area (Å²) in [5.41, 5.74) is 0.922. The average molecular weight is 287 g/mol. The molecule has 1 fully saturated rings. The Hall–Kier alpha value is -1.64. The van der Waals surface area contributed by atoms with Crippen LogP contribution < -0.4 is 0 Å². The summed E-state index contributed by atoms with van der Waals surface area (Å²) < 4.78 is 32.7. The van der Waals surface area contributed by atoms with E-state index in [2.05, 4.69) is 4.18 Å². The molecule has 1 N–H and O–H groups in total. The molecule has 104 valence electrons. The van der Waals surface area contributed by atoms with Gasteiger partial charge in [-0.15, -0.1) is 0 Å². The fourth-order valence-electron chi connectivity index (χ4n) is 1.73. The Morgan fingerprint density at radius 1 is 1.42 bits per heavy atom. The van der Waals surface area contributed by atoms with Crippen LogP contribution in [0, 0.1) is 0 Å². The van der Waals surface area contributed by atoms with Gasteiger partial charge in [-0.3, -0.25) is 4.18 Å². The van der Waals surface area contributed by atoms with E-state index < -0.39 is 22.4 Å². The van der Waals surface area contributed by atoms with Crippen LogP contribution in [0.15, 0.2) is 30.3 Å². The van der Waals surface area contributed by atoms with E-state index >= 15 is 0 Å². The number of nitrogens with zero attached hydrogens (tertiary/aromatic N) is 1. The van der Waals surface area contributed by atoms with Crippen molar-refractivity contribution in [2.24, 2.45) is 0 Å². The van der Waals surface area contributed by atoms with E-state index in [4.69, 9.17) is 9.84 Å². The summed E-state index contributed by atoms with van der Waals surface area (Å²) in [5, 5.41) is 8.85. The van der Waals surface area contributed by atoms with Crippen molar-refractivity contribution in [3.63, 3.8) is 0 Å². The topological polar surface area (TPSA) is 93.1 Å². The van der Waals surface area contributed by atoms with Crippen LogP contribution in [0.3, 0.4) is 0 Å². The Morgan fingerprint density at radius 3 is 2.74 bits per heavy atom. The van der Waals surface area contributed by atoms with E-state index in [9.17, 15) is 13.2 Å². The van der Waals surface area contributed by atoms with Gasteiger partial charge < -0.3 is 9.84 Å². The normalized spacial score (nSPS) is 21.5. The lowest BCUT2D eigenvalue weighted by molar-refractivity contribution is 0.0750. The van der Waals surface area contributed by atoms with Crippen LogP contribution in [0.2, 0.25) is 0 Å². The number of ether oxygens (including phenoxy) is 1. The van der Waals surface area contributed by atoms with E-state index in [0.29, 0.717) is 0 Å². The lowest BCUT2D eigenvalue weighted by Crippen LogP contribution is -2.40. The molecule has 19 heavy (non-hydrogen) atoms. The van der Waals surface area contributed by atoms with Crippen molar-refractivity contribution in [3.8, 4) is 0 Å². The standard InChI is InChI=1S/C11H13NO6S/c13-11(14)12-10(8-18-19(12,15)16)7-17-6-9-4-2-1-3-5-9/h1-5,10H,6-8H2,(H,13,14)/t10-/m1/s1. The molecule has 0 unspecified atom stereocenters. The van der Waals surface area contributed by atoms with E-state index in [1.165, 1.54) is 0 Å². The molecule has 1 amide bonds. The molecule has 7 nitrogen and oxygen atoms in total. The predicted octanol–water partition coefficient (Wildman–Crippen LogP) is 0.827. The highest BCUT2D eigenvalue weighted by Gasteiger charge is 2.42. The highest BCUT2D eigenvalue weighted by Crippen LogP contribution is 2.19. The van der Waals surface area contributed by atoms with Gasteiger partial charge in [0.1, 0.15) is 6.04 Å².